The molecule has 3 saturated heterocycles. The zero-order chi connectivity index (χ0) is 20.9. The second-order valence-electron chi connectivity index (χ2n) is 7.82. The quantitative estimate of drug-likeness (QED) is 0.333. The molecular formula is C24H29NO4. The molecular weight excluding hydrogens is 366 g/mol. The molecule has 0 aliphatic carbocycles. The summed E-state index contributed by atoms with van der Waals surface area (Å²) in [5.74, 6) is 6.07. The number of esters is 1. The molecule has 0 aromatic heterocycles. The molecule has 4 rings (SSSR count). The van der Waals surface area contributed by atoms with E-state index in [2.05, 4.69) is 23.3 Å². The van der Waals surface area contributed by atoms with E-state index in [1.807, 2.05) is 12.1 Å². The summed E-state index contributed by atoms with van der Waals surface area (Å²) < 4.78 is 4.88. The van der Waals surface area contributed by atoms with Crippen molar-refractivity contribution in [3.05, 3.63) is 47.5 Å². The van der Waals surface area contributed by atoms with Gasteiger partial charge in [0.15, 0.2) is 5.78 Å². The number of hydrogen-bond donors (Lipinski definition) is 1. The summed E-state index contributed by atoms with van der Waals surface area (Å²) in [6, 6.07) is 5.39. The molecule has 3 aliphatic rings. The van der Waals surface area contributed by atoms with Gasteiger partial charge in [0, 0.05) is 30.0 Å². The summed E-state index contributed by atoms with van der Waals surface area (Å²) in [4.78, 5) is 26.2. The van der Waals surface area contributed by atoms with Gasteiger partial charge in [-0.15, -0.1) is 6.58 Å². The van der Waals surface area contributed by atoms with Crippen molar-refractivity contribution in [1.82, 2.24) is 4.90 Å². The fourth-order valence-corrected chi connectivity index (χ4v) is 4.16. The molecule has 29 heavy (non-hydrogen) atoms. The van der Waals surface area contributed by atoms with E-state index in [9.17, 15) is 14.7 Å². The van der Waals surface area contributed by atoms with Crippen LogP contribution in [0.4, 0.5) is 0 Å². The van der Waals surface area contributed by atoms with Crippen LogP contribution in [0.1, 0.15) is 54.1 Å². The van der Waals surface area contributed by atoms with E-state index in [4.69, 9.17) is 4.74 Å². The number of fused-ring (bicyclic) bond motifs is 3. The van der Waals surface area contributed by atoms with E-state index < -0.39 is 5.60 Å². The predicted molar refractivity (Wildman–Crippen MR) is 112 cm³/mol. The minimum Gasteiger partial charge on any atom is -0.466 e. The summed E-state index contributed by atoms with van der Waals surface area (Å²) in [5.41, 5.74) is 1.30. The summed E-state index contributed by atoms with van der Waals surface area (Å²) in [6.45, 7) is 8.54. The molecule has 5 nitrogen and oxygen atoms in total. The van der Waals surface area contributed by atoms with Gasteiger partial charge in [-0.05, 0) is 57.0 Å². The predicted octanol–water partition coefficient (Wildman–Crippen LogP) is 2.75. The average molecular weight is 395 g/mol. The van der Waals surface area contributed by atoms with Crippen LogP contribution in [0.25, 0.3) is 0 Å². The van der Waals surface area contributed by atoms with Crippen molar-refractivity contribution >= 4 is 11.8 Å². The Morgan fingerprint density at radius 3 is 2.72 bits per heavy atom. The number of ether oxygens (including phenoxy) is 1. The SMILES string of the molecule is C=CCc1cc(C(=O)CCC(=O)OCC)ccc1C#CC1(O)CN2CCC1CC2. The maximum absolute atomic E-state index is 12.4. The first-order valence-corrected chi connectivity index (χ1v) is 10.4. The van der Waals surface area contributed by atoms with Gasteiger partial charge < -0.3 is 9.84 Å². The summed E-state index contributed by atoms with van der Waals surface area (Å²) in [7, 11) is 0. The van der Waals surface area contributed by atoms with E-state index in [1.165, 1.54) is 0 Å². The van der Waals surface area contributed by atoms with Gasteiger partial charge in [0.25, 0.3) is 0 Å². The Morgan fingerprint density at radius 2 is 2.10 bits per heavy atom. The highest BCUT2D eigenvalue weighted by Gasteiger charge is 2.44. The van der Waals surface area contributed by atoms with Crippen molar-refractivity contribution in [3.8, 4) is 11.8 Å². The molecule has 1 aromatic rings. The molecule has 2 bridgehead atoms. The van der Waals surface area contributed by atoms with Crippen LogP contribution in [-0.4, -0.2) is 53.6 Å². The molecule has 1 N–H and O–H groups in total. The average Bonchev–Trinajstić information content (AvgIpc) is 2.72. The highest BCUT2D eigenvalue weighted by molar-refractivity contribution is 5.97. The number of hydrogen-bond acceptors (Lipinski definition) is 5. The Hall–Kier alpha value is -2.42. The third-order valence-corrected chi connectivity index (χ3v) is 5.79. The Morgan fingerprint density at radius 1 is 1.34 bits per heavy atom. The van der Waals surface area contributed by atoms with E-state index >= 15 is 0 Å². The van der Waals surface area contributed by atoms with Crippen LogP contribution in [0, 0.1) is 17.8 Å². The van der Waals surface area contributed by atoms with Gasteiger partial charge in [0.05, 0.1) is 13.0 Å². The molecule has 0 saturated carbocycles. The third kappa shape index (κ3) is 5.14. The molecule has 154 valence electrons. The van der Waals surface area contributed by atoms with Gasteiger partial charge in [-0.25, -0.2) is 0 Å². The van der Waals surface area contributed by atoms with Crippen molar-refractivity contribution in [2.24, 2.45) is 5.92 Å². The van der Waals surface area contributed by atoms with Gasteiger partial charge >= 0.3 is 5.97 Å². The first-order valence-electron chi connectivity index (χ1n) is 10.4. The second kappa shape index (κ2) is 9.39. The van der Waals surface area contributed by atoms with Crippen LogP contribution >= 0.6 is 0 Å². The topological polar surface area (TPSA) is 66.8 Å². The number of aliphatic hydroxyl groups is 1. The number of Topliss-reactive ketones (excluding diaryl/α,β-unsaturated/α-hetero) is 1. The molecule has 3 fully saturated rings. The first-order chi connectivity index (χ1) is 13.9. The van der Waals surface area contributed by atoms with Crippen molar-refractivity contribution in [2.75, 3.05) is 26.2 Å². The zero-order valence-corrected chi connectivity index (χ0v) is 17.1. The number of benzene rings is 1. The number of allylic oxidation sites excluding steroid dienone is 1. The molecule has 5 heteroatoms. The highest BCUT2D eigenvalue weighted by atomic mass is 16.5. The maximum Gasteiger partial charge on any atom is 0.306 e. The highest BCUT2D eigenvalue weighted by Crippen LogP contribution is 2.35. The van der Waals surface area contributed by atoms with E-state index in [0.717, 1.165) is 37.1 Å². The third-order valence-electron chi connectivity index (χ3n) is 5.79. The smallest absolute Gasteiger partial charge is 0.306 e. The molecule has 1 unspecified atom stereocenters. The lowest BCUT2D eigenvalue weighted by Crippen LogP contribution is -2.58. The molecule has 0 amide bonds. The lowest BCUT2D eigenvalue weighted by Gasteiger charge is -2.47. The minimum absolute atomic E-state index is 0.0793. The van der Waals surface area contributed by atoms with Crippen LogP contribution < -0.4 is 0 Å². The van der Waals surface area contributed by atoms with Gasteiger partial charge in [-0.3, -0.25) is 14.5 Å². The maximum atomic E-state index is 12.4. The van der Waals surface area contributed by atoms with Crippen molar-refractivity contribution in [1.29, 1.82) is 0 Å². The summed E-state index contributed by atoms with van der Waals surface area (Å²) in [6.07, 6.45) is 4.52. The van der Waals surface area contributed by atoms with Crippen molar-refractivity contribution < 1.29 is 19.4 Å². The lowest BCUT2D eigenvalue weighted by molar-refractivity contribution is -0.143. The molecule has 1 atom stereocenters. The number of carbonyl (C=O) groups excluding carboxylic acids is 2. The Kier molecular flexibility index (Phi) is 6.89. The normalized spacial score (nSPS) is 25.0. The van der Waals surface area contributed by atoms with E-state index in [-0.39, 0.29) is 30.5 Å². The van der Waals surface area contributed by atoms with Crippen LogP contribution in [0.15, 0.2) is 30.9 Å². The van der Waals surface area contributed by atoms with Gasteiger partial charge in [0.1, 0.15) is 5.60 Å². The monoisotopic (exact) mass is 395 g/mol. The van der Waals surface area contributed by atoms with Crippen LogP contribution in [0.3, 0.4) is 0 Å². The summed E-state index contributed by atoms with van der Waals surface area (Å²) >= 11 is 0. The fourth-order valence-electron chi connectivity index (χ4n) is 4.16. The zero-order valence-electron chi connectivity index (χ0n) is 17.1. The number of nitrogens with zero attached hydrogens (tertiary/aromatic N) is 1. The first kappa shape index (κ1) is 21.3. The molecule has 1 aromatic carbocycles. The largest absolute Gasteiger partial charge is 0.466 e. The molecule has 3 heterocycles. The Labute approximate surface area is 172 Å². The molecule has 0 spiro atoms. The Bertz CT molecular complexity index is 842. The van der Waals surface area contributed by atoms with E-state index in [0.29, 0.717) is 25.1 Å². The second-order valence-corrected chi connectivity index (χ2v) is 7.82. The summed E-state index contributed by atoms with van der Waals surface area (Å²) in [5, 5.41) is 11.0. The number of carbonyl (C=O) groups is 2. The van der Waals surface area contributed by atoms with Crippen LogP contribution in [0.5, 0.6) is 0 Å². The van der Waals surface area contributed by atoms with E-state index in [1.54, 1.807) is 19.1 Å². The molecule has 3 aliphatic heterocycles. The van der Waals surface area contributed by atoms with Crippen LogP contribution in [-0.2, 0) is 16.0 Å². The number of rotatable bonds is 7. The number of ketones is 1. The van der Waals surface area contributed by atoms with Gasteiger partial charge in [-0.2, -0.15) is 0 Å². The molecule has 0 radical (unpaired) electrons. The lowest BCUT2D eigenvalue weighted by atomic mass is 9.75. The van der Waals surface area contributed by atoms with Crippen molar-refractivity contribution in [2.45, 2.75) is 44.6 Å². The van der Waals surface area contributed by atoms with Crippen molar-refractivity contribution in [3.63, 3.8) is 0 Å². The minimum atomic E-state index is -0.962. The number of piperidine rings is 3. The standard InChI is InChI=1S/C24H29NO4/c1-3-5-19-16-20(22(26)8-9-23(27)29-4-2)7-6-18(19)10-13-24(28)17-25-14-11-21(24)12-15-25/h3,6-7,16,21,28H,1,4-5,8-9,11-12,14-15,17H2,2H3. The van der Waals surface area contributed by atoms with Crippen LogP contribution in [0.2, 0.25) is 0 Å². The fraction of sp³-hybridized carbons (Fsp3) is 0.500. The van der Waals surface area contributed by atoms with Gasteiger partial charge in [-0.1, -0.05) is 24.0 Å². The van der Waals surface area contributed by atoms with Gasteiger partial charge in [0.2, 0.25) is 0 Å². The Balaban J connectivity index is 1.76.